The fourth-order valence-corrected chi connectivity index (χ4v) is 2.54. The molecule has 0 saturated carbocycles. The zero-order valence-electron chi connectivity index (χ0n) is 13.9. The standard InChI is InChI=1S/C17H22N3O2S/c1-13-5-7-15(8-6-13)23-20-11-14(19-12-20)9-10-18-16(21)22-17(2,3)4/h5-8,10-12H,9H2,1-4H3,(H,18,21). The van der Waals surface area contributed by atoms with Crippen molar-refractivity contribution >= 4 is 18.0 Å². The maximum Gasteiger partial charge on any atom is 0.407 e. The monoisotopic (exact) mass is 332 g/mol. The fraction of sp³-hybridized carbons (Fsp3) is 0.353. The van der Waals surface area contributed by atoms with Gasteiger partial charge in [-0.25, -0.2) is 9.78 Å². The van der Waals surface area contributed by atoms with Crippen LogP contribution in [0, 0.1) is 13.5 Å². The maximum atomic E-state index is 11.5. The molecule has 0 aliphatic carbocycles. The number of carbonyl (C=O) groups is 1. The molecule has 123 valence electrons. The lowest BCUT2D eigenvalue weighted by Crippen LogP contribution is -2.31. The first-order chi connectivity index (χ1) is 10.8. The molecule has 1 radical (unpaired) electrons. The summed E-state index contributed by atoms with van der Waals surface area (Å²) in [6.07, 6.45) is 3.80. The van der Waals surface area contributed by atoms with Crippen LogP contribution in [-0.4, -0.2) is 20.7 Å². The van der Waals surface area contributed by atoms with Crippen molar-refractivity contribution in [2.75, 3.05) is 0 Å². The van der Waals surface area contributed by atoms with Crippen molar-refractivity contribution in [3.63, 3.8) is 0 Å². The van der Waals surface area contributed by atoms with Gasteiger partial charge in [-0.3, -0.25) is 3.97 Å². The first kappa shape index (κ1) is 17.4. The highest BCUT2D eigenvalue weighted by Gasteiger charge is 2.15. The molecule has 5 nitrogen and oxygen atoms in total. The van der Waals surface area contributed by atoms with Crippen molar-refractivity contribution in [1.82, 2.24) is 14.3 Å². The molecule has 0 bridgehead atoms. The van der Waals surface area contributed by atoms with Gasteiger partial charge >= 0.3 is 6.09 Å². The Hall–Kier alpha value is -1.95. The number of hydrogen-bond acceptors (Lipinski definition) is 4. The maximum absolute atomic E-state index is 11.5. The summed E-state index contributed by atoms with van der Waals surface area (Å²) in [5, 5.41) is 2.61. The van der Waals surface area contributed by atoms with Gasteiger partial charge in [0.1, 0.15) is 11.9 Å². The number of imidazole rings is 1. The highest BCUT2D eigenvalue weighted by Crippen LogP contribution is 2.20. The summed E-state index contributed by atoms with van der Waals surface area (Å²) in [4.78, 5) is 17.0. The van der Waals surface area contributed by atoms with E-state index in [0.29, 0.717) is 6.42 Å². The zero-order chi connectivity index (χ0) is 16.9. The normalized spacial score (nSPS) is 11.3. The number of nitrogens with zero attached hydrogens (tertiary/aromatic N) is 2. The van der Waals surface area contributed by atoms with Crippen LogP contribution in [0.3, 0.4) is 0 Å². The van der Waals surface area contributed by atoms with Crippen molar-refractivity contribution in [3.8, 4) is 0 Å². The third kappa shape index (κ3) is 6.36. The van der Waals surface area contributed by atoms with Gasteiger partial charge in [-0.15, -0.1) is 0 Å². The number of hydrogen-bond donors (Lipinski definition) is 1. The minimum absolute atomic E-state index is 0.453. The van der Waals surface area contributed by atoms with Gasteiger partial charge < -0.3 is 10.1 Å². The number of ether oxygens (including phenoxy) is 1. The molecule has 0 saturated heterocycles. The highest BCUT2D eigenvalue weighted by molar-refractivity contribution is 7.97. The minimum Gasteiger partial charge on any atom is -0.444 e. The lowest BCUT2D eigenvalue weighted by Gasteiger charge is -2.19. The second-order valence-electron chi connectivity index (χ2n) is 6.18. The van der Waals surface area contributed by atoms with Gasteiger partial charge in [-0.05, 0) is 51.8 Å². The molecule has 2 rings (SSSR count). The van der Waals surface area contributed by atoms with Crippen molar-refractivity contribution < 1.29 is 9.53 Å². The van der Waals surface area contributed by atoms with E-state index in [0.717, 1.165) is 10.6 Å². The molecule has 23 heavy (non-hydrogen) atoms. The second-order valence-corrected chi connectivity index (χ2v) is 7.26. The van der Waals surface area contributed by atoms with Crippen LogP contribution < -0.4 is 5.32 Å². The van der Waals surface area contributed by atoms with Crippen LogP contribution in [0.5, 0.6) is 0 Å². The summed E-state index contributed by atoms with van der Waals surface area (Å²) in [6, 6.07) is 8.32. The molecule has 0 fully saturated rings. The Morgan fingerprint density at radius 3 is 2.70 bits per heavy atom. The SMILES string of the molecule is Cc1ccc(Sn2cnc(C[CH]NC(=O)OC(C)(C)C)c2)cc1. The predicted molar refractivity (Wildman–Crippen MR) is 92.0 cm³/mol. The van der Waals surface area contributed by atoms with Crippen LogP contribution in [-0.2, 0) is 11.2 Å². The first-order valence-electron chi connectivity index (χ1n) is 7.41. The number of carbonyl (C=O) groups excluding carboxylic acids is 1. The molecule has 1 aromatic carbocycles. The van der Waals surface area contributed by atoms with Gasteiger partial charge in [0, 0.05) is 17.5 Å². The molecule has 1 N–H and O–H groups in total. The molecule has 1 aromatic heterocycles. The fourth-order valence-electron chi connectivity index (χ4n) is 1.77. The van der Waals surface area contributed by atoms with E-state index < -0.39 is 11.7 Å². The number of nitrogens with one attached hydrogen (secondary N) is 1. The van der Waals surface area contributed by atoms with E-state index in [1.54, 1.807) is 24.8 Å². The Labute approximate surface area is 141 Å². The molecular formula is C17H22N3O2S. The number of aryl methyl sites for hydroxylation is 1. The van der Waals surface area contributed by atoms with Crippen molar-refractivity contribution in [3.05, 3.63) is 54.6 Å². The van der Waals surface area contributed by atoms with Crippen LogP contribution in [0.1, 0.15) is 32.0 Å². The lowest BCUT2D eigenvalue weighted by molar-refractivity contribution is 0.0542. The van der Waals surface area contributed by atoms with Crippen LogP contribution in [0.25, 0.3) is 0 Å². The van der Waals surface area contributed by atoms with E-state index in [1.807, 2.05) is 30.9 Å². The van der Waals surface area contributed by atoms with E-state index in [2.05, 4.69) is 41.5 Å². The predicted octanol–water partition coefficient (Wildman–Crippen LogP) is 3.98. The Balaban J connectivity index is 1.78. The van der Waals surface area contributed by atoms with Crippen molar-refractivity contribution in [2.45, 2.75) is 44.6 Å². The molecule has 1 heterocycles. The third-order valence-electron chi connectivity index (χ3n) is 2.78. The molecule has 6 heteroatoms. The van der Waals surface area contributed by atoms with E-state index in [-0.39, 0.29) is 0 Å². The Kier molecular flexibility index (Phi) is 5.71. The molecule has 0 spiro atoms. The van der Waals surface area contributed by atoms with Crippen molar-refractivity contribution in [2.24, 2.45) is 0 Å². The van der Waals surface area contributed by atoms with E-state index in [1.165, 1.54) is 5.56 Å². The molecule has 0 aliphatic rings. The minimum atomic E-state index is -0.496. The largest absolute Gasteiger partial charge is 0.444 e. The number of amides is 1. The van der Waals surface area contributed by atoms with Crippen LogP contribution in [0.2, 0.25) is 0 Å². The number of benzene rings is 1. The Morgan fingerprint density at radius 2 is 2.04 bits per heavy atom. The number of alkyl carbamates (subject to hydrolysis) is 1. The summed E-state index contributed by atoms with van der Waals surface area (Å²) >= 11 is 1.59. The zero-order valence-corrected chi connectivity index (χ0v) is 14.7. The van der Waals surface area contributed by atoms with E-state index in [4.69, 9.17) is 4.74 Å². The molecule has 0 aliphatic heterocycles. The molecule has 0 atom stereocenters. The topological polar surface area (TPSA) is 56.2 Å². The molecular weight excluding hydrogens is 310 g/mol. The first-order valence-corrected chi connectivity index (χ1v) is 8.18. The average Bonchev–Trinajstić information content (AvgIpc) is 2.87. The summed E-state index contributed by atoms with van der Waals surface area (Å²) < 4.78 is 7.10. The summed E-state index contributed by atoms with van der Waals surface area (Å²) in [5.74, 6) is 0. The summed E-state index contributed by atoms with van der Waals surface area (Å²) in [7, 11) is 0. The number of rotatable bonds is 5. The van der Waals surface area contributed by atoms with Gasteiger partial charge in [-0.2, -0.15) is 0 Å². The highest BCUT2D eigenvalue weighted by atomic mass is 32.2. The van der Waals surface area contributed by atoms with Gasteiger partial charge in [0.25, 0.3) is 0 Å². The molecule has 0 unspecified atom stereocenters. The molecule has 1 amide bonds. The van der Waals surface area contributed by atoms with Crippen LogP contribution in [0.4, 0.5) is 4.79 Å². The second kappa shape index (κ2) is 7.55. The van der Waals surface area contributed by atoms with E-state index in [9.17, 15) is 4.79 Å². The summed E-state index contributed by atoms with van der Waals surface area (Å²) in [5.41, 5.74) is 1.62. The van der Waals surface area contributed by atoms with Crippen molar-refractivity contribution in [1.29, 1.82) is 0 Å². The quantitative estimate of drug-likeness (QED) is 0.900. The average molecular weight is 332 g/mol. The van der Waals surface area contributed by atoms with Crippen LogP contribution in [0.15, 0.2) is 41.7 Å². The Bertz CT molecular complexity index is 645. The summed E-state index contributed by atoms with van der Waals surface area (Å²) in [6.45, 7) is 9.21. The lowest BCUT2D eigenvalue weighted by atomic mass is 10.2. The number of aromatic nitrogens is 2. The third-order valence-corrected chi connectivity index (χ3v) is 3.67. The smallest absolute Gasteiger partial charge is 0.407 e. The van der Waals surface area contributed by atoms with Gasteiger partial charge in [0.15, 0.2) is 0 Å². The van der Waals surface area contributed by atoms with Gasteiger partial charge in [0.2, 0.25) is 0 Å². The molecule has 2 aromatic rings. The van der Waals surface area contributed by atoms with Gasteiger partial charge in [-0.1, -0.05) is 17.7 Å². The van der Waals surface area contributed by atoms with Crippen LogP contribution >= 0.6 is 11.9 Å². The Morgan fingerprint density at radius 1 is 1.35 bits per heavy atom. The van der Waals surface area contributed by atoms with E-state index >= 15 is 0 Å². The van der Waals surface area contributed by atoms with Gasteiger partial charge in [0.05, 0.1) is 12.2 Å².